The molecule has 0 aromatic heterocycles. The number of thioether (sulfide) groups is 1. The predicted molar refractivity (Wildman–Crippen MR) is 87.8 cm³/mol. The lowest BCUT2D eigenvalue weighted by Crippen LogP contribution is -2.31. The molecule has 0 saturated carbocycles. The van der Waals surface area contributed by atoms with E-state index in [1.165, 1.54) is 4.90 Å². The van der Waals surface area contributed by atoms with Crippen LogP contribution in [0.15, 0.2) is 29.2 Å². The fourth-order valence-corrected chi connectivity index (χ4v) is 3.10. The highest BCUT2D eigenvalue weighted by Gasteiger charge is 2.22. The molecule has 20 heavy (non-hydrogen) atoms. The quantitative estimate of drug-likeness (QED) is 0.664. The summed E-state index contributed by atoms with van der Waals surface area (Å²) in [6, 6.07) is 7.97. The topological polar surface area (TPSA) is 46.3 Å². The van der Waals surface area contributed by atoms with Gasteiger partial charge >= 0.3 is 0 Å². The van der Waals surface area contributed by atoms with Gasteiger partial charge in [0.25, 0.3) is 0 Å². The zero-order valence-corrected chi connectivity index (χ0v) is 13.6. The van der Waals surface area contributed by atoms with Crippen LogP contribution in [0.5, 0.6) is 0 Å². The summed E-state index contributed by atoms with van der Waals surface area (Å²) in [4.78, 5) is 15.0. The second kappa shape index (κ2) is 8.78. The van der Waals surface area contributed by atoms with Crippen LogP contribution in [-0.4, -0.2) is 35.7 Å². The lowest BCUT2D eigenvalue weighted by atomic mass is 10.3. The minimum absolute atomic E-state index is 0. The first-order chi connectivity index (χ1) is 9.15. The van der Waals surface area contributed by atoms with E-state index in [1.54, 1.807) is 11.8 Å². The second-order valence-corrected chi connectivity index (χ2v) is 6.40. The van der Waals surface area contributed by atoms with E-state index >= 15 is 0 Å². The monoisotopic (exact) mass is 334 g/mol. The lowest BCUT2D eigenvalue weighted by molar-refractivity contribution is -0.130. The first kappa shape index (κ1) is 17.6. The van der Waals surface area contributed by atoms with Crippen molar-refractivity contribution in [2.45, 2.75) is 30.2 Å². The van der Waals surface area contributed by atoms with Crippen LogP contribution in [0, 0.1) is 0 Å². The number of carbonyl (C=O) groups excluding carboxylic acids is 1. The van der Waals surface area contributed by atoms with E-state index in [2.05, 4.69) is 0 Å². The van der Waals surface area contributed by atoms with E-state index in [0.717, 1.165) is 36.7 Å². The molecule has 0 unspecified atom stereocenters. The molecule has 1 fully saturated rings. The van der Waals surface area contributed by atoms with Crippen molar-refractivity contribution in [3.63, 3.8) is 0 Å². The van der Waals surface area contributed by atoms with Crippen LogP contribution in [0.4, 0.5) is 0 Å². The van der Waals surface area contributed by atoms with Gasteiger partial charge < -0.3 is 10.6 Å². The van der Waals surface area contributed by atoms with Gasteiger partial charge in [0, 0.05) is 35.5 Å². The van der Waals surface area contributed by atoms with Gasteiger partial charge in [0.15, 0.2) is 0 Å². The Morgan fingerprint density at radius 1 is 1.40 bits per heavy atom. The third-order valence-electron chi connectivity index (χ3n) is 3.19. The Kier molecular flexibility index (Phi) is 7.74. The van der Waals surface area contributed by atoms with Crippen molar-refractivity contribution >= 4 is 41.7 Å². The molecule has 6 heteroatoms. The molecule has 1 aliphatic rings. The van der Waals surface area contributed by atoms with Crippen molar-refractivity contribution in [2.24, 2.45) is 5.73 Å². The summed E-state index contributed by atoms with van der Waals surface area (Å²) in [5.74, 6) is 1.19. The lowest BCUT2D eigenvalue weighted by Gasteiger charge is -2.15. The smallest absolute Gasteiger partial charge is 0.222 e. The maximum absolute atomic E-state index is 11.9. The van der Waals surface area contributed by atoms with Crippen LogP contribution in [0.2, 0.25) is 5.02 Å². The van der Waals surface area contributed by atoms with Gasteiger partial charge in [-0.3, -0.25) is 4.79 Å². The highest BCUT2D eigenvalue weighted by Crippen LogP contribution is 2.21. The molecule has 1 saturated heterocycles. The number of hydrogen-bond acceptors (Lipinski definition) is 3. The van der Waals surface area contributed by atoms with Gasteiger partial charge in [-0.15, -0.1) is 24.2 Å². The second-order valence-electron chi connectivity index (χ2n) is 4.79. The number of amides is 1. The Labute approximate surface area is 135 Å². The molecule has 1 atom stereocenters. The van der Waals surface area contributed by atoms with Crippen LogP contribution < -0.4 is 5.73 Å². The van der Waals surface area contributed by atoms with E-state index in [1.807, 2.05) is 29.2 Å². The highest BCUT2D eigenvalue weighted by molar-refractivity contribution is 7.99. The van der Waals surface area contributed by atoms with E-state index in [-0.39, 0.29) is 24.4 Å². The van der Waals surface area contributed by atoms with Crippen LogP contribution in [0.25, 0.3) is 0 Å². The number of nitrogens with two attached hydrogens (primary N) is 1. The maximum Gasteiger partial charge on any atom is 0.222 e. The van der Waals surface area contributed by atoms with E-state index in [0.29, 0.717) is 6.42 Å². The van der Waals surface area contributed by atoms with E-state index < -0.39 is 0 Å². The Morgan fingerprint density at radius 2 is 2.10 bits per heavy atom. The zero-order valence-electron chi connectivity index (χ0n) is 11.3. The van der Waals surface area contributed by atoms with Crippen molar-refractivity contribution < 1.29 is 4.79 Å². The molecule has 0 radical (unpaired) electrons. The van der Waals surface area contributed by atoms with Crippen molar-refractivity contribution in [3.05, 3.63) is 29.3 Å². The molecule has 1 aromatic carbocycles. The number of nitrogens with zero attached hydrogens (tertiary/aromatic N) is 1. The SMILES string of the molecule is Cl.N[C@@H]1CCN(C(=O)CCCSc2ccc(Cl)cc2)C1. The van der Waals surface area contributed by atoms with Gasteiger partial charge in [-0.05, 0) is 42.9 Å². The van der Waals surface area contributed by atoms with Gasteiger partial charge in [0.1, 0.15) is 0 Å². The van der Waals surface area contributed by atoms with Gasteiger partial charge in [-0.25, -0.2) is 0 Å². The Hall–Kier alpha value is -0.420. The summed E-state index contributed by atoms with van der Waals surface area (Å²) < 4.78 is 0. The summed E-state index contributed by atoms with van der Waals surface area (Å²) in [5, 5.41) is 0.755. The molecule has 0 bridgehead atoms. The average molecular weight is 335 g/mol. The molecule has 1 aromatic rings. The fourth-order valence-electron chi connectivity index (χ4n) is 2.12. The minimum atomic E-state index is 0. The standard InChI is InChI=1S/C14H19ClN2OS.ClH/c15-11-3-5-13(6-4-11)19-9-1-2-14(18)17-8-7-12(16)10-17;/h3-6,12H,1-2,7-10,16H2;1H/t12-;/m1./s1. The number of rotatable bonds is 5. The fraction of sp³-hybridized carbons (Fsp3) is 0.500. The predicted octanol–water partition coefficient (Wildman–Crippen LogP) is 3.19. The van der Waals surface area contributed by atoms with Crippen LogP contribution >= 0.6 is 35.8 Å². The minimum Gasteiger partial charge on any atom is -0.341 e. The van der Waals surface area contributed by atoms with E-state index in [4.69, 9.17) is 17.3 Å². The van der Waals surface area contributed by atoms with Crippen LogP contribution in [0.1, 0.15) is 19.3 Å². The summed E-state index contributed by atoms with van der Waals surface area (Å²) in [5.41, 5.74) is 5.80. The largest absolute Gasteiger partial charge is 0.341 e. The average Bonchev–Trinajstić information content (AvgIpc) is 2.83. The first-order valence-corrected chi connectivity index (χ1v) is 7.93. The highest BCUT2D eigenvalue weighted by atomic mass is 35.5. The van der Waals surface area contributed by atoms with Gasteiger partial charge in [0.05, 0.1) is 0 Å². The molecule has 2 rings (SSSR count). The summed E-state index contributed by atoms with van der Waals surface area (Å²) in [6.45, 7) is 1.55. The third kappa shape index (κ3) is 5.52. The molecule has 3 nitrogen and oxygen atoms in total. The van der Waals surface area contributed by atoms with Crippen LogP contribution in [-0.2, 0) is 4.79 Å². The molecule has 0 spiro atoms. The molecule has 0 aliphatic carbocycles. The molecule has 1 heterocycles. The van der Waals surface area contributed by atoms with Crippen molar-refractivity contribution in [3.8, 4) is 0 Å². The Balaban J connectivity index is 0.00000200. The van der Waals surface area contributed by atoms with E-state index in [9.17, 15) is 4.79 Å². The molecular formula is C14H20Cl2N2OS. The number of halogens is 2. The molecular weight excluding hydrogens is 315 g/mol. The molecule has 112 valence electrons. The number of carbonyl (C=O) groups is 1. The van der Waals surface area contributed by atoms with Gasteiger partial charge in [-0.1, -0.05) is 11.6 Å². The van der Waals surface area contributed by atoms with Crippen molar-refractivity contribution in [1.82, 2.24) is 4.90 Å². The van der Waals surface area contributed by atoms with Crippen molar-refractivity contribution in [1.29, 1.82) is 0 Å². The number of hydrogen-bond donors (Lipinski definition) is 1. The molecule has 1 aliphatic heterocycles. The Morgan fingerprint density at radius 3 is 2.70 bits per heavy atom. The normalized spacial score (nSPS) is 17.9. The maximum atomic E-state index is 11.9. The zero-order chi connectivity index (χ0) is 13.7. The summed E-state index contributed by atoms with van der Waals surface area (Å²) in [7, 11) is 0. The summed E-state index contributed by atoms with van der Waals surface area (Å²) >= 11 is 7.59. The molecule has 1 amide bonds. The van der Waals surface area contributed by atoms with Crippen LogP contribution in [0.3, 0.4) is 0 Å². The number of likely N-dealkylation sites (tertiary alicyclic amines) is 1. The molecule has 2 N–H and O–H groups in total. The Bertz CT molecular complexity index is 428. The number of benzene rings is 1. The van der Waals surface area contributed by atoms with Gasteiger partial charge in [0.2, 0.25) is 5.91 Å². The van der Waals surface area contributed by atoms with Crippen molar-refractivity contribution in [2.75, 3.05) is 18.8 Å². The third-order valence-corrected chi connectivity index (χ3v) is 4.55. The van der Waals surface area contributed by atoms with Gasteiger partial charge in [-0.2, -0.15) is 0 Å². The first-order valence-electron chi connectivity index (χ1n) is 6.57. The summed E-state index contributed by atoms with van der Waals surface area (Å²) in [6.07, 6.45) is 2.45.